The molecule has 0 saturated carbocycles. The van der Waals surface area contributed by atoms with E-state index in [4.69, 9.17) is 9.15 Å². The van der Waals surface area contributed by atoms with E-state index in [1.54, 1.807) is 29.4 Å². The van der Waals surface area contributed by atoms with Crippen LogP contribution in [0.5, 0.6) is 0 Å². The molecule has 0 fully saturated rings. The normalized spacial score (nSPS) is 12.0. The predicted octanol–water partition coefficient (Wildman–Crippen LogP) is 7.24. The first-order valence-electron chi connectivity index (χ1n) is 11.4. The van der Waals surface area contributed by atoms with Crippen molar-refractivity contribution >= 4 is 22.0 Å². The SMILES string of the molecule is C=Cc1ccc(COC(Cn2ccnc2)c2ccc(F)cc2F)cc1-c1nnc(-c2ccc(Br)cc2)o1. The minimum absolute atomic E-state index is 0.161. The highest BCUT2D eigenvalue weighted by atomic mass is 79.9. The van der Waals surface area contributed by atoms with E-state index in [1.165, 1.54) is 12.1 Å². The number of halogens is 3. The Bertz CT molecular complexity index is 1520. The molecule has 3 aromatic carbocycles. The van der Waals surface area contributed by atoms with Crippen LogP contribution in [-0.2, 0) is 17.9 Å². The zero-order valence-corrected chi connectivity index (χ0v) is 21.1. The lowest BCUT2D eigenvalue weighted by Crippen LogP contribution is -2.14. The molecule has 0 amide bonds. The van der Waals surface area contributed by atoms with Gasteiger partial charge in [-0.15, -0.1) is 10.2 Å². The van der Waals surface area contributed by atoms with Gasteiger partial charge in [0, 0.05) is 39.6 Å². The highest BCUT2D eigenvalue weighted by Gasteiger charge is 2.19. The van der Waals surface area contributed by atoms with Crippen molar-refractivity contribution in [3.8, 4) is 22.9 Å². The molecule has 0 aliphatic rings. The first-order chi connectivity index (χ1) is 18.0. The van der Waals surface area contributed by atoms with E-state index in [0.29, 0.717) is 23.9 Å². The third-order valence-corrected chi connectivity index (χ3v) is 6.31. The fourth-order valence-electron chi connectivity index (χ4n) is 3.88. The quantitative estimate of drug-likeness (QED) is 0.189. The Balaban J connectivity index is 1.40. The summed E-state index contributed by atoms with van der Waals surface area (Å²) in [6.07, 6.45) is 6.04. The summed E-state index contributed by atoms with van der Waals surface area (Å²) in [5.41, 5.74) is 3.38. The first kappa shape index (κ1) is 24.7. The van der Waals surface area contributed by atoms with Gasteiger partial charge in [0.05, 0.1) is 19.5 Å². The maximum atomic E-state index is 14.6. The Morgan fingerprint density at radius 3 is 2.57 bits per heavy atom. The molecule has 186 valence electrons. The zero-order valence-electron chi connectivity index (χ0n) is 19.5. The van der Waals surface area contributed by atoms with Crippen LogP contribution in [0.1, 0.15) is 22.8 Å². The van der Waals surface area contributed by atoms with Gasteiger partial charge in [0.15, 0.2) is 0 Å². The monoisotopic (exact) mass is 562 g/mol. The van der Waals surface area contributed by atoms with Crippen molar-refractivity contribution in [3.63, 3.8) is 0 Å². The fourth-order valence-corrected chi connectivity index (χ4v) is 4.15. The molecule has 1 unspecified atom stereocenters. The number of hydrogen-bond acceptors (Lipinski definition) is 5. The van der Waals surface area contributed by atoms with Gasteiger partial charge in [-0.25, -0.2) is 13.8 Å². The lowest BCUT2D eigenvalue weighted by Gasteiger charge is -2.20. The lowest BCUT2D eigenvalue weighted by molar-refractivity contribution is 0.0256. The Morgan fingerprint density at radius 2 is 1.84 bits per heavy atom. The van der Waals surface area contributed by atoms with Crippen LogP contribution < -0.4 is 0 Å². The summed E-state index contributed by atoms with van der Waals surface area (Å²) in [5.74, 6) is -0.575. The Labute approximate surface area is 220 Å². The van der Waals surface area contributed by atoms with Gasteiger partial charge < -0.3 is 13.7 Å². The number of aromatic nitrogens is 4. The molecule has 0 spiro atoms. The summed E-state index contributed by atoms with van der Waals surface area (Å²) < 4.78 is 43.0. The summed E-state index contributed by atoms with van der Waals surface area (Å²) in [5, 5.41) is 8.43. The van der Waals surface area contributed by atoms with Gasteiger partial charge in [-0.05, 0) is 47.5 Å². The number of ether oxygens (including phenoxy) is 1. The van der Waals surface area contributed by atoms with Crippen LogP contribution >= 0.6 is 15.9 Å². The number of nitrogens with zero attached hydrogens (tertiary/aromatic N) is 4. The van der Waals surface area contributed by atoms with Crippen LogP contribution in [0, 0.1) is 11.6 Å². The predicted molar refractivity (Wildman–Crippen MR) is 139 cm³/mol. The summed E-state index contributed by atoms with van der Waals surface area (Å²) in [7, 11) is 0. The molecule has 0 saturated heterocycles. The molecule has 0 bridgehead atoms. The van der Waals surface area contributed by atoms with Crippen LogP contribution in [0.25, 0.3) is 29.0 Å². The summed E-state index contributed by atoms with van der Waals surface area (Å²) >= 11 is 3.42. The molecule has 5 aromatic rings. The average Bonchev–Trinajstić information content (AvgIpc) is 3.60. The average molecular weight is 563 g/mol. The summed E-state index contributed by atoms with van der Waals surface area (Å²) in [4.78, 5) is 4.03. The second-order valence-electron chi connectivity index (χ2n) is 8.27. The van der Waals surface area contributed by atoms with E-state index >= 15 is 0 Å². The molecule has 0 radical (unpaired) electrons. The molecule has 0 aliphatic carbocycles. The highest BCUT2D eigenvalue weighted by Crippen LogP contribution is 2.30. The van der Waals surface area contributed by atoms with E-state index in [1.807, 2.05) is 42.5 Å². The van der Waals surface area contributed by atoms with Gasteiger partial charge in [-0.1, -0.05) is 46.8 Å². The van der Waals surface area contributed by atoms with Gasteiger partial charge in [0.2, 0.25) is 11.8 Å². The van der Waals surface area contributed by atoms with Gasteiger partial charge in [-0.2, -0.15) is 0 Å². The molecule has 5 rings (SSSR count). The van der Waals surface area contributed by atoms with Crippen LogP contribution in [0.2, 0.25) is 0 Å². The van der Waals surface area contributed by atoms with Crippen LogP contribution in [0.4, 0.5) is 8.78 Å². The number of hydrogen-bond donors (Lipinski definition) is 0. The van der Waals surface area contributed by atoms with Crippen LogP contribution in [0.15, 0.2) is 94.9 Å². The Hall–Kier alpha value is -3.95. The molecule has 1 atom stereocenters. The largest absolute Gasteiger partial charge is 0.416 e. The van der Waals surface area contributed by atoms with Crippen molar-refractivity contribution in [1.82, 2.24) is 19.7 Å². The molecule has 37 heavy (non-hydrogen) atoms. The zero-order chi connectivity index (χ0) is 25.8. The van der Waals surface area contributed by atoms with E-state index in [0.717, 1.165) is 27.2 Å². The van der Waals surface area contributed by atoms with Crippen LogP contribution in [0.3, 0.4) is 0 Å². The van der Waals surface area contributed by atoms with Crippen molar-refractivity contribution in [2.45, 2.75) is 19.3 Å². The maximum absolute atomic E-state index is 14.6. The maximum Gasteiger partial charge on any atom is 0.248 e. The second-order valence-corrected chi connectivity index (χ2v) is 9.19. The van der Waals surface area contributed by atoms with Crippen molar-refractivity contribution in [2.24, 2.45) is 0 Å². The third-order valence-electron chi connectivity index (χ3n) is 5.78. The van der Waals surface area contributed by atoms with Crippen molar-refractivity contribution < 1.29 is 17.9 Å². The minimum Gasteiger partial charge on any atom is -0.416 e. The first-order valence-corrected chi connectivity index (χ1v) is 12.2. The number of rotatable bonds is 9. The minimum atomic E-state index is -0.676. The van der Waals surface area contributed by atoms with Gasteiger partial charge in [-0.3, -0.25) is 0 Å². The Morgan fingerprint density at radius 1 is 1.03 bits per heavy atom. The van der Waals surface area contributed by atoms with Gasteiger partial charge in [0.1, 0.15) is 17.7 Å². The molecule has 2 heterocycles. The summed E-state index contributed by atoms with van der Waals surface area (Å²) in [6, 6.07) is 16.7. The third kappa shape index (κ3) is 5.73. The molecule has 2 aromatic heterocycles. The standard InChI is InChI=1S/C28H21BrF2N4O2/c1-2-19-4-3-18(13-24(19)28-34-33-27(37-28)20-5-7-21(29)8-6-20)16-36-26(15-35-12-11-32-17-35)23-10-9-22(30)14-25(23)31/h2-14,17,26H,1,15-16H2. The number of imidazole rings is 1. The van der Waals surface area contributed by atoms with E-state index in [9.17, 15) is 8.78 Å². The molecule has 0 aliphatic heterocycles. The van der Waals surface area contributed by atoms with Crippen molar-refractivity contribution in [1.29, 1.82) is 0 Å². The summed E-state index contributed by atoms with van der Waals surface area (Å²) in [6.45, 7) is 4.35. The fraction of sp³-hybridized carbons (Fsp3) is 0.107. The van der Waals surface area contributed by atoms with Crippen molar-refractivity contribution in [2.75, 3.05) is 0 Å². The van der Waals surface area contributed by atoms with Gasteiger partial charge >= 0.3 is 0 Å². The topological polar surface area (TPSA) is 66.0 Å². The Kier molecular flexibility index (Phi) is 7.34. The molecule has 9 heteroatoms. The second kappa shape index (κ2) is 11.0. The molecular weight excluding hydrogens is 542 g/mol. The van der Waals surface area contributed by atoms with Crippen LogP contribution in [-0.4, -0.2) is 19.7 Å². The van der Waals surface area contributed by atoms with Gasteiger partial charge in [0.25, 0.3) is 0 Å². The smallest absolute Gasteiger partial charge is 0.248 e. The van der Waals surface area contributed by atoms with Crippen molar-refractivity contribution in [3.05, 3.63) is 119 Å². The van der Waals surface area contributed by atoms with E-state index < -0.39 is 17.7 Å². The highest BCUT2D eigenvalue weighted by molar-refractivity contribution is 9.10. The molecule has 6 nitrogen and oxygen atoms in total. The molecular formula is C28H21BrF2N4O2. The van der Waals surface area contributed by atoms with E-state index in [2.05, 4.69) is 37.7 Å². The molecule has 0 N–H and O–H groups in total. The number of benzene rings is 3. The van der Waals surface area contributed by atoms with E-state index in [-0.39, 0.29) is 12.2 Å². The lowest BCUT2D eigenvalue weighted by atomic mass is 10.0.